The molecule has 2 aromatic rings. The number of fused-ring (bicyclic) bond motifs is 3. The van der Waals surface area contributed by atoms with Crippen molar-refractivity contribution in [3.05, 3.63) is 26.2 Å². The van der Waals surface area contributed by atoms with Gasteiger partial charge in [-0.05, 0) is 38.1 Å². The van der Waals surface area contributed by atoms with Crippen molar-refractivity contribution in [1.82, 2.24) is 4.98 Å². The zero-order valence-corrected chi connectivity index (χ0v) is 11.0. The molecule has 84 valence electrons. The van der Waals surface area contributed by atoms with E-state index in [0.717, 1.165) is 17.8 Å². The molecule has 0 unspecified atom stereocenters. The molecule has 4 heteroatoms. The normalized spacial score (nSPS) is 14.7. The molecule has 0 radical (unpaired) electrons. The van der Waals surface area contributed by atoms with Gasteiger partial charge in [-0.15, -0.1) is 22.7 Å². The van der Waals surface area contributed by atoms with E-state index >= 15 is 0 Å². The number of hydrogen-bond acceptors (Lipinski definition) is 4. The summed E-state index contributed by atoms with van der Waals surface area (Å²) in [4.78, 5) is 7.61. The third kappa shape index (κ3) is 1.52. The Labute approximate surface area is 103 Å². The molecular formula is C12H14N2S2. The summed E-state index contributed by atoms with van der Waals surface area (Å²) in [7, 11) is 0. The number of hydrogen-bond donors (Lipinski definition) is 1. The molecule has 1 aliphatic carbocycles. The van der Waals surface area contributed by atoms with Gasteiger partial charge in [0.25, 0.3) is 0 Å². The molecule has 0 amide bonds. The van der Waals surface area contributed by atoms with Crippen LogP contribution in [0.3, 0.4) is 0 Å². The SMILES string of the molecule is CC(C)(N)c1nc2c(s1)CCc1sccc1-2. The van der Waals surface area contributed by atoms with Gasteiger partial charge in [0.2, 0.25) is 0 Å². The Kier molecular flexibility index (Phi) is 2.21. The van der Waals surface area contributed by atoms with Gasteiger partial charge in [-0.25, -0.2) is 4.98 Å². The Balaban J connectivity index is 2.16. The molecule has 0 bridgehead atoms. The maximum atomic E-state index is 6.11. The maximum Gasteiger partial charge on any atom is 0.113 e. The largest absolute Gasteiger partial charge is 0.320 e. The fraction of sp³-hybridized carbons (Fsp3) is 0.417. The van der Waals surface area contributed by atoms with Crippen LogP contribution in [0.4, 0.5) is 0 Å². The number of rotatable bonds is 1. The van der Waals surface area contributed by atoms with E-state index in [1.165, 1.54) is 21.0 Å². The van der Waals surface area contributed by atoms with E-state index in [9.17, 15) is 0 Å². The zero-order chi connectivity index (χ0) is 11.3. The van der Waals surface area contributed by atoms with Crippen LogP contribution in [0, 0.1) is 0 Å². The minimum absolute atomic E-state index is 0.321. The van der Waals surface area contributed by atoms with Gasteiger partial charge >= 0.3 is 0 Å². The molecular weight excluding hydrogens is 236 g/mol. The monoisotopic (exact) mass is 250 g/mol. The average molecular weight is 250 g/mol. The van der Waals surface area contributed by atoms with Crippen molar-refractivity contribution in [2.45, 2.75) is 32.2 Å². The molecule has 16 heavy (non-hydrogen) atoms. The molecule has 0 aromatic carbocycles. The van der Waals surface area contributed by atoms with Crippen LogP contribution >= 0.6 is 22.7 Å². The number of thiophene rings is 1. The second-order valence-corrected chi connectivity index (χ2v) is 6.85. The quantitative estimate of drug-likeness (QED) is 0.844. The van der Waals surface area contributed by atoms with Crippen LogP contribution in [-0.2, 0) is 18.4 Å². The highest BCUT2D eigenvalue weighted by atomic mass is 32.1. The number of aryl methyl sites for hydroxylation is 2. The van der Waals surface area contributed by atoms with Crippen LogP contribution < -0.4 is 5.73 Å². The summed E-state index contributed by atoms with van der Waals surface area (Å²) >= 11 is 3.62. The van der Waals surface area contributed by atoms with E-state index < -0.39 is 0 Å². The maximum absolute atomic E-state index is 6.11. The summed E-state index contributed by atoms with van der Waals surface area (Å²) in [6.07, 6.45) is 2.28. The third-order valence-corrected chi connectivity index (χ3v) is 5.26. The van der Waals surface area contributed by atoms with Crippen molar-refractivity contribution in [1.29, 1.82) is 0 Å². The lowest BCUT2D eigenvalue weighted by molar-refractivity contribution is 0.551. The molecule has 1 aliphatic rings. The Hall–Kier alpha value is -0.710. The van der Waals surface area contributed by atoms with E-state index in [1.807, 2.05) is 25.2 Å². The first-order valence-electron chi connectivity index (χ1n) is 5.41. The van der Waals surface area contributed by atoms with Gasteiger partial charge in [-0.1, -0.05) is 0 Å². The summed E-state index contributed by atoms with van der Waals surface area (Å²) in [5.74, 6) is 0. The summed E-state index contributed by atoms with van der Waals surface area (Å²) < 4.78 is 0. The third-order valence-electron chi connectivity index (χ3n) is 2.83. The molecule has 2 aromatic heterocycles. The highest BCUT2D eigenvalue weighted by molar-refractivity contribution is 7.12. The lowest BCUT2D eigenvalue weighted by Crippen LogP contribution is -2.28. The number of aromatic nitrogens is 1. The number of nitrogens with two attached hydrogens (primary N) is 1. The molecule has 2 nitrogen and oxygen atoms in total. The van der Waals surface area contributed by atoms with E-state index in [0.29, 0.717) is 0 Å². The van der Waals surface area contributed by atoms with E-state index in [2.05, 4.69) is 11.4 Å². The number of thiazole rings is 1. The first-order valence-corrected chi connectivity index (χ1v) is 7.11. The van der Waals surface area contributed by atoms with Crippen LogP contribution in [-0.4, -0.2) is 4.98 Å². The molecule has 0 saturated heterocycles. The summed E-state index contributed by atoms with van der Waals surface area (Å²) in [5, 5.41) is 3.21. The molecule has 2 N–H and O–H groups in total. The van der Waals surface area contributed by atoms with E-state index in [-0.39, 0.29) is 5.54 Å². The highest BCUT2D eigenvalue weighted by Crippen LogP contribution is 2.40. The molecule has 0 saturated carbocycles. The van der Waals surface area contributed by atoms with Crippen molar-refractivity contribution in [3.63, 3.8) is 0 Å². The topological polar surface area (TPSA) is 38.9 Å². The predicted molar refractivity (Wildman–Crippen MR) is 70.0 cm³/mol. The smallest absolute Gasteiger partial charge is 0.113 e. The van der Waals surface area contributed by atoms with Crippen molar-refractivity contribution in [2.75, 3.05) is 0 Å². The van der Waals surface area contributed by atoms with Gasteiger partial charge in [0.1, 0.15) is 5.01 Å². The van der Waals surface area contributed by atoms with Crippen LogP contribution in [0.15, 0.2) is 11.4 Å². The lowest BCUT2D eigenvalue weighted by atomic mass is 10.0. The van der Waals surface area contributed by atoms with Gasteiger partial charge < -0.3 is 5.73 Å². The van der Waals surface area contributed by atoms with Gasteiger partial charge in [-0.2, -0.15) is 0 Å². The minimum atomic E-state index is -0.321. The van der Waals surface area contributed by atoms with Crippen LogP contribution in [0.2, 0.25) is 0 Å². The van der Waals surface area contributed by atoms with Gasteiger partial charge in [0, 0.05) is 15.3 Å². The summed E-state index contributed by atoms with van der Waals surface area (Å²) in [6.45, 7) is 4.04. The zero-order valence-electron chi connectivity index (χ0n) is 9.41. The fourth-order valence-electron chi connectivity index (χ4n) is 1.98. The molecule has 0 fully saturated rings. The first kappa shape index (κ1) is 10.4. The van der Waals surface area contributed by atoms with Crippen molar-refractivity contribution in [2.24, 2.45) is 5.73 Å². The molecule has 0 spiro atoms. The summed E-state index contributed by atoms with van der Waals surface area (Å²) in [5.41, 5.74) is 8.31. The van der Waals surface area contributed by atoms with Crippen LogP contribution in [0.5, 0.6) is 0 Å². The van der Waals surface area contributed by atoms with Crippen molar-refractivity contribution >= 4 is 22.7 Å². The fourth-order valence-corrected chi connectivity index (χ4v) is 3.95. The Bertz CT molecular complexity index is 531. The Morgan fingerprint density at radius 2 is 2.06 bits per heavy atom. The Morgan fingerprint density at radius 3 is 2.81 bits per heavy atom. The van der Waals surface area contributed by atoms with E-state index in [4.69, 9.17) is 10.7 Å². The molecule has 3 rings (SSSR count). The van der Waals surface area contributed by atoms with Crippen molar-refractivity contribution < 1.29 is 0 Å². The predicted octanol–water partition coefficient (Wildman–Crippen LogP) is 3.16. The average Bonchev–Trinajstić information content (AvgIpc) is 2.81. The van der Waals surface area contributed by atoms with E-state index in [1.54, 1.807) is 11.3 Å². The van der Waals surface area contributed by atoms with Crippen LogP contribution in [0.25, 0.3) is 11.3 Å². The van der Waals surface area contributed by atoms with Crippen LogP contribution in [0.1, 0.15) is 28.6 Å². The van der Waals surface area contributed by atoms with Gasteiger partial charge in [-0.3, -0.25) is 0 Å². The van der Waals surface area contributed by atoms with Crippen molar-refractivity contribution in [3.8, 4) is 11.3 Å². The number of nitrogens with zero attached hydrogens (tertiary/aromatic N) is 1. The standard InChI is InChI=1S/C12H14N2S2/c1-12(2,13)11-14-10-7-5-6-15-8(7)3-4-9(10)16-11/h5-6H,3-4,13H2,1-2H3. The highest BCUT2D eigenvalue weighted by Gasteiger charge is 2.26. The van der Waals surface area contributed by atoms with Gasteiger partial charge in [0.15, 0.2) is 0 Å². The minimum Gasteiger partial charge on any atom is -0.320 e. The second-order valence-electron chi connectivity index (χ2n) is 4.77. The molecule has 2 heterocycles. The Morgan fingerprint density at radius 1 is 1.31 bits per heavy atom. The molecule has 0 atom stereocenters. The molecule has 0 aliphatic heterocycles. The second kappa shape index (κ2) is 3.39. The first-order chi connectivity index (χ1) is 7.55. The van der Waals surface area contributed by atoms with Gasteiger partial charge in [0.05, 0.1) is 11.2 Å². The lowest BCUT2D eigenvalue weighted by Gasteiger charge is -2.13. The summed E-state index contributed by atoms with van der Waals surface area (Å²) in [6, 6.07) is 2.19.